The Bertz CT molecular complexity index is 3090. The fourth-order valence-electron chi connectivity index (χ4n) is 8.39. The van der Waals surface area contributed by atoms with Gasteiger partial charge in [0.1, 0.15) is 0 Å². The van der Waals surface area contributed by atoms with E-state index in [9.17, 15) is 0 Å². The second-order valence-electron chi connectivity index (χ2n) is 14.6. The van der Waals surface area contributed by atoms with Gasteiger partial charge in [-0.15, -0.1) is 0 Å². The standard InChI is InChI=1S/C54H34N4/c1-5-14-35(15-6-1)41-28-30-55-51-43(41)24-26-45-47(37-18-9-3-10-19-37)33-49(57-53(45)51)39-22-13-23-40(32-39)50-34-48(38-20-11-4-12-21-38)46-27-25-44-42(36-16-7-2-8-17-36)29-31-56-52(44)54(46)58-50/h1-34H. The maximum absolute atomic E-state index is 5.43. The Morgan fingerprint density at radius 2 is 0.569 bits per heavy atom. The first kappa shape index (κ1) is 33.5. The zero-order chi connectivity index (χ0) is 38.4. The first-order chi connectivity index (χ1) is 28.8. The molecule has 270 valence electrons. The molecule has 4 aromatic heterocycles. The minimum absolute atomic E-state index is 0.872. The zero-order valence-electron chi connectivity index (χ0n) is 31.4. The topological polar surface area (TPSA) is 51.6 Å². The number of benzene rings is 7. The summed E-state index contributed by atoms with van der Waals surface area (Å²) in [4.78, 5) is 20.8. The van der Waals surface area contributed by atoms with Gasteiger partial charge in [-0.1, -0.05) is 164 Å². The molecule has 4 heterocycles. The van der Waals surface area contributed by atoms with Gasteiger partial charge in [-0.2, -0.15) is 0 Å². The summed E-state index contributed by atoms with van der Waals surface area (Å²) in [5.41, 5.74) is 16.3. The molecule has 0 saturated heterocycles. The number of rotatable bonds is 6. The summed E-state index contributed by atoms with van der Waals surface area (Å²) in [6, 6.07) is 68.1. The van der Waals surface area contributed by atoms with Gasteiger partial charge in [-0.05, 0) is 74.8 Å². The molecule has 0 aliphatic heterocycles. The van der Waals surface area contributed by atoms with E-state index in [2.05, 4.69) is 182 Å². The molecule has 0 unspecified atom stereocenters. The van der Waals surface area contributed by atoms with Crippen molar-refractivity contribution in [2.24, 2.45) is 0 Å². The van der Waals surface area contributed by atoms with Crippen molar-refractivity contribution in [3.8, 4) is 67.0 Å². The molecule has 4 nitrogen and oxygen atoms in total. The smallest absolute Gasteiger partial charge is 0.0978 e. The van der Waals surface area contributed by atoms with E-state index in [-0.39, 0.29) is 0 Å². The van der Waals surface area contributed by atoms with Crippen LogP contribution in [0.15, 0.2) is 207 Å². The lowest BCUT2D eigenvalue weighted by Crippen LogP contribution is -1.95. The fourth-order valence-corrected chi connectivity index (χ4v) is 8.39. The van der Waals surface area contributed by atoms with E-state index in [1.807, 2.05) is 24.5 Å². The largest absolute Gasteiger partial charge is 0.254 e. The average molecular weight is 739 g/mol. The van der Waals surface area contributed by atoms with Crippen LogP contribution in [0.5, 0.6) is 0 Å². The van der Waals surface area contributed by atoms with Gasteiger partial charge in [0.05, 0.1) is 33.5 Å². The van der Waals surface area contributed by atoms with Crippen LogP contribution in [0, 0.1) is 0 Å². The Hall–Kier alpha value is -7.82. The van der Waals surface area contributed by atoms with Crippen molar-refractivity contribution < 1.29 is 0 Å². The molecular formula is C54H34N4. The lowest BCUT2D eigenvalue weighted by atomic mass is 9.93. The summed E-state index contributed by atoms with van der Waals surface area (Å²) in [5, 5.41) is 4.27. The van der Waals surface area contributed by atoms with Crippen LogP contribution in [0.4, 0.5) is 0 Å². The van der Waals surface area contributed by atoms with Crippen molar-refractivity contribution in [1.82, 2.24) is 19.9 Å². The molecule has 0 fully saturated rings. The van der Waals surface area contributed by atoms with Crippen LogP contribution in [0.2, 0.25) is 0 Å². The van der Waals surface area contributed by atoms with E-state index < -0.39 is 0 Å². The maximum atomic E-state index is 5.43. The van der Waals surface area contributed by atoms with Crippen LogP contribution in [0.3, 0.4) is 0 Å². The number of hydrogen-bond acceptors (Lipinski definition) is 4. The SMILES string of the molecule is c1ccc(-c2ccnc3c2ccc2c(-c4ccccc4)cc(-c4cccc(-c5cc(-c6ccccc6)c6ccc7c(-c8ccccc8)ccnc7c6n5)c4)nc23)cc1. The molecule has 0 aliphatic carbocycles. The van der Waals surface area contributed by atoms with Gasteiger partial charge in [0.2, 0.25) is 0 Å². The molecule has 7 aromatic carbocycles. The minimum atomic E-state index is 0.872. The third kappa shape index (κ3) is 5.78. The minimum Gasteiger partial charge on any atom is -0.254 e. The van der Waals surface area contributed by atoms with Gasteiger partial charge < -0.3 is 0 Å². The van der Waals surface area contributed by atoms with Crippen LogP contribution >= 0.6 is 0 Å². The summed E-state index contributed by atoms with van der Waals surface area (Å²) in [5.74, 6) is 0. The highest BCUT2D eigenvalue weighted by Gasteiger charge is 2.18. The summed E-state index contributed by atoms with van der Waals surface area (Å²) in [7, 11) is 0. The third-order valence-electron chi connectivity index (χ3n) is 11.2. The Kier molecular flexibility index (Phi) is 8.11. The molecule has 0 N–H and O–H groups in total. The molecule has 0 saturated carbocycles. The summed E-state index contributed by atoms with van der Waals surface area (Å²) in [6.07, 6.45) is 3.80. The van der Waals surface area contributed by atoms with Crippen molar-refractivity contribution in [3.05, 3.63) is 207 Å². The highest BCUT2D eigenvalue weighted by Crippen LogP contribution is 2.40. The van der Waals surface area contributed by atoms with Gasteiger partial charge in [-0.3, -0.25) is 9.97 Å². The van der Waals surface area contributed by atoms with Crippen LogP contribution in [0.1, 0.15) is 0 Å². The lowest BCUT2D eigenvalue weighted by molar-refractivity contribution is 1.36. The van der Waals surface area contributed by atoms with Crippen molar-refractivity contribution in [2.75, 3.05) is 0 Å². The highest BCUT2D eigenvalue weighted by molar-refractivity contribution is 6.14. The van der Waals surface area contributed by atoms with Crippen LogP contribution in [0.25, 0.3) is 111 Å². The Morgan fingerprint density at radius 1 is 0.241 bits per heavy atom. The molecule has 0 radical (unpaired) electrons. The predicted molar refractivity (Wildman–Crippen MR) is 240 cm³/mol. The van der Waals surface area contributed by atoms with Crippen molar-refractivity contribution >= 4 is 43.6 Å². The van der Waals surface area contributed by atoms with E-state index in [1.54, 1.807) is 0 Å². The van der Waals surface area contributed by atoms with Gasteiger partial charge in [0.15, 0.2) is 0 Å². The van der Waals surface area contributed by atoms with E-state index in [4.69, 9.17) is 19.9 Å². The number of fused-ring (bicyclic) bond motifs is 6. The monoisotopic (exact) mass is 738 g/mol. The Labute approximate surface area is 335 Å². The normalized spacial score (nSPS) is 11.4. The number of aromatic nitrogens is 4. The highest BCUT2D eigenvalue weighted by atomic mass is 14.8. The van der Waals surface area contributed by atoms with Gasteiger partial charge in [0.25, 0.3) is 0 Å². The molecule has 11 aromatic rings. The molecule has 4 heteroatoms. The molecule has 0 spiro atoms. The van der Waals surface area contributed by atoms with Gasteiger partial charge in [-0.25, -0.2) is 9.97 Å². The van der Waals surface area contributed by atoms with Crippen molar-refractivity contribution in [2.45, 2.75) is 0 Å². The van der Waals surface area contributed by atoms with E-state index in [0.29, 0.717) is 0 Å². The maximum Gasteiger partial charge on any atom is 0.0978 e. The summed E-state index contributed by atoms with van der Waals surface area (Å²) in [6.45, 7) is 0. The molecular weight excluding hydrogens is 705 g/mol. The van der Waals surface area contributed by atoms with Crippen LogP contribution in [-0.4, -0.2) is 19.9 Å². The van der Waals surface area contributed by atoms with Crippen LogP contribution in [-0.2, 0) is 0 Å². The van der Waals surface area contributed by atoms with Gasteiger partial charge in [0, 0.05) is 45.1 Å². The summed E-state index contributed by atoms with van der Waals surface area (Å²) < 4.78 is 0. The molecule has 11 rings (SSSR count). The number of pyridine rings is 4. The molecule has 0 bridgehead atoms. The molecule has 0 amide bonds. The first-order valence-electron chi connectivity index (χ1n) is 19.5. The lowest BCUT2D eigenvalue weighted by Gasteiger charge is -2.15. The van der Waals surface area contributed by atoms with E-state index in [0.717, 1.165) is 111 Å². The molecule has 58 heavy (non-hydrogen) atoms. The molecule has 0 atom stereocenters. The second kappa shape index (κ2) is 14.0. The fraction of sp³-hybridized carbons (Fsp3) is 0. The van der Waals surface area contributed by atoms with E-state index in [1.165, 1.54) is 0 Å². The van der Waals surface area contributed by atoms with E-state index >= 15 is 0 Å². The first-order valence-corrected chi connectivity index (χ1v) is 19.5. The third-order valence-corrected chi connectivity index (χ3v) is 11.2. The molecule has 0 aliphatic rings. The number of nitrogens with zero attached hydrogens (tertiary/aromatic N) is 4. The zero-order valence-corrected chi connectivity index (χ0v) is 31.4. The average Bonchev–Trinajstić information content (AvgIpc) is 3.31. The second-order valence-corrected chi connectivity index (χ2v) is 14.6. The Morgan fingerprint density at radius 3 is 0.948 bits per heavy atom. The predicted octanol–water partition coefficient (Wildman–Crippen LogP) is 13.9. The van der Waals surface area contributed by atoms with Crippen LogP contribution < -0.4 is 0 Å². The number of hydrogen-bond donors (Lipinski definition) is 0. The van der Waals surface area contributed by atoms with Crippen molar-refractivity contribution in [3.63, 3.8) is 0 Å². The summed E-state index contributed by atoms with van der Waals surface area (Å²) >= 11 is 0. The quantitative estimate of drug-likeness (QED) is 0.159. The van der Waals surface area contributed by atoms with Crippen molar-refractivity contribution in [1.29, 1.82) is 0 Å². The van der Waals surface area contributed by atoms with Gasteiger partial charge >= 0.3 is 0 Å². The Balaban J connectivity index is 1.13.